The molecule has 5 heteroatoms. The van der Waals surface area contributed by atoms with Crippen molar-refractivity contribution < 1.29 is 4.79 Å². The number of anilines is 1. The minimum Gasteiger partial charge on any atom is -0.398 e. The number of benzene rings is 1. The molecule has 0 fully saturated rings. The summed E-state index contributed by atoms with van der Waals surface area (Å²) in [7, 11) is 0. The summed E-state index contributed by atoms with van der Waals surface area (Å²) >= 11 is 0. The van der Waals surface area contributed by atoms with Gasteiger partial charge in [0.15, 0.2) is 0 Å². The normalized spacial score (nSPS) is 10.4. The van der Waals surface area contributed by atoms with E-state index in [-0.39, 0.29) is 5.91 Å². The Kier molecular flexibility index (Phi) is 4.18. The molecule has 19 heavy (non-hydrogen) atoms. The molecule has 2 rings (SSSR count). The highest BCUT2D eigenvalue weighted by molar-refractivity contribution is 5.98. The largest absolute Gasteiger partial charge is 0.398 e. The highest BCUT2D eigenvalue weighted by Gasteiger charge is 2.07. The summed E-state index contributed by atoms with van der Waals surface area (Å²) in [5.41, 5.74) is 9.05. The van der Waals surface area contributed by atoms with Crippen molar-refractivity contribution in [2.75, 3.05) is 12.3 Å². The van der Waals surface area contributed by atoms with Crippen molar-refractivity contribution in [2.24, 2.45) is 0 Å². The van der Waals surface area contributed by atoms with Crippen molar-refractivity contribution >= 4 is 11.6 Å². The molecule has 5 nitrogen and oxygen atoms in total. The molecule has 0 aliphatic carbocycles. The van der Waals surface area contributed by atoms with Gasteiger partial charge in [-0.05, 0) is 37.5 Å². The zero-order valence-corrected chi connectivity index (χ0v) is 10.9. The summed E-state index contributed by atoms with van der Waals surface area (Å²) in [6.07, 6.45) is 3.60. The highest BCUT2D eigenvalue weighted by atomic mass is 16.1. The van der Waals surface area contributed by atoms with Gasteiger partial charge in [-0.2, -0.15) is 5.10 Å². The number of nitrogens with zero attached hydrogens (tertiary/aromatic N) is 1. The third-order valence-corrected chi connectivity index (χ3v) is 3.05. The van der Waals surface area contributed by atoms with Crippen molar-refractivity contribution in [1.29, 1.82) is 0 Å². The fraction of sp³-hybridized carbons (Fsp3) is 0.286. The quantitative estimate of drug-likeness (QED) is 0.563. The minimum absolute atomic E-state index is 0.123. The Morgan fingerprint density at radius 3 is 2.89 bits per heavy atom. The molecule has 0 atom stereocenters. The number of rotatable bonds is 5. The smallest absolute Gasteiger partial charge is 0.253 e. The number of nitrogens with two attached hydrogens (primary N) is 1. The van der Waals surface area contributed by atoms with Crippen LogP contribution in [0, 0.1) is 6.92 Å². The number of carbonyl (C=O) groups is 1. The monoisotopic (exact) mass is 258 g/mol. The van der Waals surface area contributed by atoms with E-state index in [0.717, 1.165) is 18.5 Å². The number of nitrogens with one attached hydrogen (secondary N) is 2. The molecule has 100 valence electrons. The SMILES string of the molecule is Cc1[nH]ncc1CCCNC(=O)c1ccccc1N. The van der Waals surface area contributed by atoms with E-state index >= 15 is 0 Å². The van der Waals surface area contributed by atoms with E-state index in [9.17, 15) is 4.79 Å². The first-order valence-electron chi connectivity index (χ1n) is 6.30. The Bertz CT molecular complexity index is 562. The number of aryl methyl sites for hydroxylation is 2. The van der Waals surface area contributed by atoms with Crippen LogP contribution in [0.25, 0.3) is 0 Å². The Balaban J connectivity index is 1.79. The molecule has 1 aromatic carbocycles. The minimum atomic E-state index is -0.123. The molecule has 4 N–H and O–H groups in total. The number of nitrogen functional groups attached to an aromatic ring is 1. The fourth-order valence-corrected chi connectivity index (χ4v) is 1.91. The van der Waals surface area contributed by atoms with Gasteiger partial charge in [0.2, 0.25) is 0 Å². The third-order valence-electron chi connectivity index (χ3n) is 3.05. The van der Waals surface area contributed by atoms with Gasteiger partial charge in [0.1, 0.15) is 0 Å². The Morgan fingerprint density at radius 2 is 2.21 bits per heavy atom. The number of para-hydroxylation sites is 1. The average Bonchev–Trinajstić information content (AvgIpc) is 2.80. The number of H-pyrrole nitrogens is 1. The Morgan fingerprint density at radius 1 is 1.42 bits per heavy atom. The summed E-state index contributed by atoms with van der Waals surface area (Å²) in [5.74, 6) is -0.123. The second kappa shape index (κ2) is 6.04. The molecule has 0 radical (unpaired) electrons. The maximum atomic E-state index is 11.9. The molecule has 0 saturated carbocycles. The van der Waals surface area contributed by atoms with Gasteiger partial charge in [0, 0.05) is 17.9 Å². The number of hydrogen-bond donors (Lipinski definition) is 3. The Labute approximate surface area is 112 Å². The zero-order valence-electron chi connectivity index (χ0n) is 10.9. The second-order valence-electron chi connectivity index (χ2n) is 4.47. The molecule has 0 bridgehead atoms. The number of aromatic amines is 1. The molecule has 0 spiro atoms. The van der Waals surface area contributed by atoms with Crippen LogP contribution in [0.15, 0.2) is 30.5 Å². The number of carbonyl (C=O) groups excluding carboxylic acids is 1. The number of hydrogen-bond acceptors (Lipinski definition) is 3. The standard InChI is InChI=1S/C14H18N4O/c1-10-11(9-17-18-10)5-4-8-16-14(19)12-6-2-3-7-13(12)15/h2-3,6-7,9H,4-5,8,15H2,1H3,(H,16,19)(H,17,18). The van der Waals surface area contributed by atoms with Gasteiger partial charge >= 0.3 is 0 Å². The molecule has 1 heterocycles. The molecule has 1 amide bonds. The maximum Gasteiger partial charge on any atom is 0.253 e. The molecule has 1 aromatic heterocycles. The van der Waals surface area contributed by atoms with Crippen LogP contribution in [0.1, 0.15) is 28.0 Å². The molecule has 0 unspecified atom stereocenters. The van der Waals surface area contributed by atoms with E-state index in [1.54, 1.807) is 18.2 Å². The van der Waals surface area contributed by atoms with Gasteiger partial charge in [-0.15, -0.1) is 0 Å². The first-order valence-corrected chi connectivity index (χ1v) is 6.30. The van der Waals surface area contributed by atoms with Crippen LogP contribution in [-0.4, -0.2) is 22.6 Å². The average molecular weight is 258 g/mol. The summed E-state index contributed by atoms with van der Waals surface area (Å²) < 4.78 is 0. The number of aromatic nitrogens is 2. The van der Waals surface area contributed by atoms with E-state index in [2.05, 4.69) is 15.5 Å². The molecule has 2 aromatic rings. The van der Waals surface area contributed by atoms with Gasteiger partial charge in [-0.1, -0.05) is 12.1 Å². The van der Waals surface area contributed by atoms with Crippen molar-refractivity contribution in [3.8, 4) is 0 Å². The van der Waals surface area contributed by atoms with Crippen molar-refractivity contribution in [1.82, 2.24) is 15.5 Å². The lowest BCUT2D eigenvalue weighted by molar-refractivity contribution is 0.0954. The zero-order chi connectivity index (χ0) is 13.7. The summed E-state index contributed by atoms with van der Waals surface area (Å²) in [4.78, 5) is 11.9. The van der Waals surface area contributed by atoms with Crippen LogP contribution >= 0.6 is 0 Å². The topological polar surface area (TPSA) is 83.8 Å². The third kappa shape index (κ3) is 3.34. The van der Waals surface area contributed by atoms with Crippen LogP contribution in [0.4, 0.5) is 5.69 Å². The summed E-state index contributed by atoms with van der Waals surface area (Å²) in [5, 5.41) is 9.74. The van der Waals surface area contributed by atoms with Crippen LogP contribution in [0.3, 0.4) is 0 Å². The maximum absolute atomic E-state index is 11.9. The lowest BCUT2D eigenvalue weighted by atomic mass is 10.1. The lowest BCUT2D eigenvalue weighted by Crippen LogP contribution is -2.25. The van der Waals surface area contributed by atoms with E-state index in [1.165, 1.54) is 5.56 Å². The van der Waals surface area contributed by atoms with Gasteiger partial charge in [0.05, 0.1) is 11.8 Å². The Hall–Kier alpha value is -2.30. The van der Waals surface area contributed by atoms with E-state index in [0.29, 0.717) is 17.8 Å². The summed E-state index contributed by atoms with van der Waals surface area (Å²) in [6, 6.07) is 7.07. The van der Waals surface area contributed by atoms with Gasteiger partial charge in [-0.3, -0.25) is 9.89 Å². The molecule has 0 saturated heterocycles. The van der Waals surface area contributed by atoms with E-state index in [4.69, 9.17) is 5.73 Å². The second-order valence-corrected chi connectivity index (χ2v) is 4.47. The van der Waals surface area contributed by atoms with Crippen LogP contribution in [-0.2, 0) is 6.42 Å². The molecular weight excluding hydrogens is 240 g/mol. The molecule has 0 aliphatic heterocycles. The predicted molar refractivity (Wildman–Crippen MR) is 74.8 cm³/mol. The van der Waals surface area contributed by atoms with Crippen molar-refractivity contribution in [3.05, 3.63) is 47.3 Å². The van der Waals surface area contributed by atoms with Crippen LogP contribution < -0.4 is 11.1 Å². The molecular formula is C14H18N4O. The first kappa shape index (κ1) is 13.1. The first-order chi connectivity index (χ1) is 9.18. The van der Waals surface area contributed by atoms with E-state index < -0.39 is 0 Å². The fourth-order valence-electron chi connectivity index (χ4n) is 1.91. The van der Waals surface area contributed by atoms with Crippen molar-refractivity contribution in [3.63, 3.8) is 0 Å². The van der Waals surface area contributed by atoms with Gasteiger partial charge in [0.25, 0.3) is 5.91 Å². The van der Waals surface area contributed by atoms with E-state index in [1.807, 2.05) is 19.2 Å². The van der Waals surface area contributed by atoms with Crippen LogP contribution in [0.5, 0.6) is 0 Å². The number of amides is 1. The highest BCUT2D eigenvalue weighted by Crippen LogP contribution is 2.10. The van der Waals surface area contributed by atoms with Crippen molar-refractivity contribution in [2.45, 2.75) is 19.8 Å². The van der Waals surface area contributed by atoms with Gasteiger partial charge in [-0.25, -0.2) is 0 Å². The van der Waals surface area contributed by atoms with Gasteiger partial charge < -0.3 is 11.1 Å². The molecule has 0 aliphatic rings. The summed E-state index contributed by atoms with van der Waals surface area (Å²) in [6.45, 7) is 2.61. The predicted octanol–water partition coefficient (Wildman–Crippen LogP) is 1.66. The lowest BCUT2D eigenvalue weighted by Gasteiger charge is -2.07. The van der Waals surface area contributed by atoms with Crippen LogP contribution in [0.2, 0.25) is 0 Å².